The van der Waals surface area contributed by atoms with Gasteiger partial charge in [0.05, 0.1) is 11.6 Å². The lowest BCUT2D eigenvalue weighted by molar-refractivity contribution is -0.133. The largest absolute Gasteiger partial charge is 0.357 e. The van der Waals surface area contributed by atoms with Crippen LogP contribution in [0.3, 0.4) is 0 Å². The zero-order valence-corrected chi connectivity index (χ0v) is 15.2. The molecular formula is C16H27N5OS. The highest BCUT2D eigenvalue weighted by molar-refractivity contribution is 7.11. The van der Waals surface area contributed by atoms with Crippen LogP contribution in [0.5, 0.6) is 0 Å². The van der Waals surface area contributed by atoms with Crippen molar-refractivity contribution < 1.29 is 4.79 Å². The summed E-state index contributed by atoms with van der Waals surface area (Å²) in [5, 5.41) is 7.78. The molecule has 6 nitrogen and oxygen atoms in total. The molecule has 2 N–H and O–H groups in total. The molecule has 1 aliphatic rings. The zero-order chi connectivity index (χ0) is 16.8. The molecular weight excluding hydrogens is 310 g/mol. The molecule has 0 bridgehead atoms. The van der Waals surface area contributed by atoms with Gasteiger partial charge in [0.2, 0.25) is 5.91 Å². The Hall–Kier alpha value is -1.63. The Kier molecular flexibility index (Phi) is 6.38. The summed E-state index contributed by atoms with van der Waals surface area (Å²) in [5.74, 6) is 1.10. The van der Waals surface area contributed by atoms with E-state index in [1.807, 2.05) is 31.9 Å². The van der Waals surface area contributed by atoms with Crippen LogP contribution in [0, 0.1) is 12.8 Å². The quantitative estimate of drug-likeness (QED) is 0.634. The minimum absolute atomic E-state index is 0.0604. The molecule has 0 spiro atoms. The molecule has 0 aliphatic carbocycles. The van der Waals surface area contributed by atoms with E-state index in [9.17, 15) is 4.79 Å². The summed E-state index contributed by atoms with van der Waals surface area (Å²) in [6, 6.07) is 0.263. The first-order chi connectivity index (χ1) is 11.0. The number of aliphatic imine (C=N–C) groups is 1. The first kappa shape index (κ1) is 17.7. The molecule has 2 heterocycles. The van der Waals surface area contributed by atoms with Gasteiger partial charge in [-0.05, 0) is 20.3 Å². The molecule has 1 aromatic heterocycles. The Morgan fingerprint density at radius 1 is 1.57 bits per heavy atom. The predicted octanol–water partition coefficient (Wildman–Crippen LogP) is 1.76. The monoisotopic (exact) mass is 337 g/mol. The molecule has 1 fully saturated rings. The van der Waals surface area contributed by atoms with Gasteiger partial charge < -0.3 is 15.5 Å². The van der Waals surface area contributed by atoms with Gasteiger partial charge in [-0.25, -0.2) is 9.98 Å². The highest BCUT2D eigenvalue weighted by Crippen LogP contribution is 2.14. The fourth-order valence-electron chi connectivity index (χ4n) is 2.59. The lowest BCUT2D eigenvalue weighted by atomic mass is 10.2. The van der Waals surface area contributed by atoms with E-state index < -0.39 is 0 Å². The molecule has 1 amide bonds. The summed E-state index contributed by atoms with van der Waals surface area (Å²) in [6.07, 6.45) is 2.84. The summed E-state index contributed by atoms with van der Waals surface area (Å²) < 4.78 is 0. The number of carbonyl (C=O) groups excluding carboxylic acids is 1. The average Bonchev–Trinajstić information content (AvgIpc) is 3.13. The fourth-order valence-corrected chi connectivity index (χ4v) is 3.31. The maximum absolute atomic E-state index is 12.1. The summed E-state index contributed by atoms with van der Waals surface area (Å²) in [5.41, 5.74) is 0. The smallest absolute Gasteiger partial charge is 0.225 e. The number of guanidine groups is 1. The number of likely N-dealkylation sites (tertiary alicyclic amines) is 1. The molecule has 1 aliphatic heterocycles. The maximum atomic E-state index is 12.1. The SMILES string of the molecule is CCNC(=NCc1cnc(C)s1)NC1CCN(C(=O)C(C)C)C1. The Morgan fingerprint density at radius 2 is 2.35 bits per heavy atom. The lowest BCUT2D eigenvalue weighted by Gasteiger charge is -2.20. The number of nitrogens with zero attached hydrogens (tertiary/aromatic N) is 3. The molecule has 0 aromatic carbocycles. The topological polar surface area (TPSA) is 69.6 Å². The van der Waals surface area contributed by atoms with Crippen LogP contribution in [0.15, 0.2) is 11.2 Å². The molecule has 1 saturated heterocycles. The van der Waals surface area contributed by atoms with Crippen LogP contribution < -0.4 is 10.6 Å². The van der Waals surface area contributed by atoms with E-state index in [0.717, 1.165) is 41.9 Å². The molecule has 0 saturated carbocycles. The summed E-state index contributed by atoms with van der Waals surface area (Å²) in [4.78, 5) is 24.0. The van der Waals surface area contributed by atoms with Gasteiger partial charge in [0.1, 0.15) is 0 Å². The van der Waals surface area contributed by atoms with Gasteiger partial charge in [-0.1, -0.05) is 13.8 Å². The summed E-state index contributed by atoms with van der Waals surface area (Å²) in [7, 11) is 0. The van der Waals surface area contributed by atoms with Gasteiger partial charge in [0.25, 0.3) is 0 Å². The first-order valence-corrected chi connectivity index (χ1v) is 9.06. The van der Waals surface area contributed by atoms with Crippen molar-refractivity contribution in [3.05, 3.63) is 16.1 Å². The number of hydrogen-bond donors (Lipinski definition) is 2. The zero-order valence-electron chi connectivity index (χ0n) is 14.4. The maximum Gasteiger partial charge on any atom is 0.225 e. The van der Waals surface area contributed by atoms with E-state index in [1.165, 1.54) is 0 Å². The second kappa shape index (κ2) is 8.29. The van der Waals surface area contributed by atoms with E-state index in [-0.39, 0.29) is 17.9 Å². The first-order valence-electron chi connectivity index (χ1n) is 8.24. The number of aromatic nitrogens is 1. The van der Waals surface area contributed by atoms with Crippen LogP contribution in [0.25, 0.3) is 0 Å². The van der Waals surface area contributed by atoms with Crippen molar-refractivity contribution in [3.63, 3.8) is 0 Å². The molecule has 23 heavy (non-hydrogen) atoms. The molecule has 2 rings (SSSR count). The van der Waals surface area contributed by atoms with Gasteiger partial charge >= 0.3 is 0 Å². The highest BCUT2D eigenvalue weighted by atomic mass is 32.1. The van der Waals surface area contributed by atoms with Crippen LogP contribution in [-0.4, -0.2) is 47.4 Å². The number of hydrogen-bond acceptors (Lipinski definition) is 4. The van der Waals surface area contributed by atoms with Crippen LogP contribution >= 0.6 is 11.3 Å². The van der Waals surface area contributed by atoms with Gasteiger partial charge in [-0.2, -0.15) is 0 Å². The van der Waals surface area contributed by atoms with Crippen molar-refractivity contribution in [2.45, 2.75) is 46.7 Å². The van der Waals surface area contributed by atoms with Crippen molar-refractivity contribution in [2.24, 2.45) is 10.9 Å². The van der Waals surface area contributed by atoms with E-state index in [2.05, 4.69) is 27.5 Å². The third-order valence-corrected chi connectivity index (χ3v) is 4.64. The number of rotatable bonds is 5. The van der Waals surface area contributed by atoms with Gasteiger partial charge in [-0.3, -0.25) is 4.79 Å². The van der Waals surface area contributed by atoms with E-state index in [1.54, 1.807) is 11.3 Å². The van der Waals surface area contributed by atoms with Gasteiger partial charge in [0.15, 0.2) is 5.96 Å². The fraction of sp³-hybridized carbons (Fsp3) is 0.688. The van der Waals surface area contributed by atoms with E-state index in [4.69, 9.17) is 0 Å². The van der Waals surface area contributed by atoms with Gasteiger partial charge in [0, 0.05) is 42.7 Å². The van der Waals surface area contributed by atoms with Crippen molar-refractivity contribution in [1.82, 2.24) is 20.5 Å². The molecule has 1 atom stereocenters. The number of amides is 1. The second-order valence-electron chi connectivity index (χ2n) is 6.11. The van der Waals surface area contributed by atoms with Gasteiger partial charge in [-0.15, -0.1) is 11.3 Å². The minimum Gasteiger partial charge on any atom is -0.357 e. The van der Waals surface area contributed by atoms with E-state index in [0.29, 0.717) is 6.54 Å². The third kappa shape index (κ3) is 5.20. The van der Waals surface area contributed by atoms with Crippen molar-refractivity contribution in [1.29, 1.82) is 0 Å². The number of carbonyl (C=O) groups is 1. The average molecular weight is 337 g/mol. The Balaban J connectivity index is 1.90. The van der Waals surface area contributed by atoms with E-state index >= 15 is 0 Å². The standard InChI is InChI=1S/C16H27N5OS/c1-5-17-16(19-9-14-8-18-12(4)23-14)20-13-6-7-21(10-13)15(22)11(2)3/h8,11,13H,5-7,9-10H2,1-4H3,(H2,17,19,20). The molecule has 0 radical (unpaired) electrons. The van der Waals surface area contributed by atoms with Crippen LogP contribution in [0.2, 0.25) is 0 Å². The summed E-state index contributed by atoms with van der Waals surface area (Å²) >= 11 is 1.67. The molecule has 1 aromatic rings. The summed E-state index contributed by atoms with van der Waals surface area (Å²) in [6.45, 7) is 11.0. The predicted molar refractivity (Wildman–Crippen MR) is 94.6 cm³/mol. The number of thiazole rings is 1. The van der Waals surface area contributed by atoms with Crippen molar-refractivity contribution in [3.8, 4) is 0 Å². The van der Waals surface area contributed by atoms with Crippen LogP contribution in [0.4, 0.5) is 0 Å². The van der Waals surface area contributed by atoms with Crippen LogP contribution in [0.1, 0.15) is 37.1 Å². The van der Waals surface area contributed by atoms with Crippen molar-refractivity contribution >= 4 is 23.2 Å². The highest BCUT2D eigenvalue weighted by Gasteiger charge is 2.27. The number of aryl methyl sites for hydroxylation is 1. The second-order valence-corrected chi connectivity index (χ2v) is 7.43. The normalized spacial score (nSPS) is 18.6. The number of nitrogens with one attached hydrogen (secondary N) is 2. The van der Waals surface area contributed by atoms with Crippen molar-refractivity contribution in [2.75, 3.05) is 19.6 Å². The minimum atomic E-state index is 0.0604. The van der Waals surface area contributed by atoms with Crippen LogP contribution in [-0.2, 0) is 11.3 Å². The molecule has 1 unspecified atom stereocenters. The molecule has 128 valence electrons. The molecule has 7 heteroatoms. The Bertz CT molecular complexity index is 554. The Morgan fingerprint density at radius 3 is 2.96 bits per heavy atom. The lowest BCUT2D eigenvalue weighted by Crippen LogP contribution is -2.45. The Labute approximate surface area is 142 Å². The third-order valence-electron chi connectivity index (χ3n) is 3.74.